The van der Waals surface area contributed by atoms with Gasteiger partial charge in [0.2, 0.25) is 0 Å². The lowest BCUT2D eigenvalue weighted by atomic mass is 10.2. The van der Waals surface area contributed by atoms with Crippen molar-refractivity contribution in [3.63, 3.8) is 0 Å². The highest BCUT2D eigenvalue weighted by molar-refractivity contribution is 7.85. The van der Waals surface area contributed by atoms with E-state index in [-0.39, 0.29) is 10.5 Å². The number of aromatic carboxylic acids is 1. The number of rotatable bonds is 5. The summed E-state index contributed by atoms with van der Waals surface area (Å²) in [6, 6.07) is 3.41. The minimum atomic E-state index is -1.44. The van der Waals surface area contributed by atoms with Crippen molar-refractivity contribution in [2.75, 3.05) is 5.75 Å². The average Bonchev–Trinajstić information content (AvgIpc) is 3.10. The molecule has 1 aromatic carbocycles. The molecule has 1 unspecified atom stereocenters. The summed E-state index contributed by atoms with van der Waals surface area (Å²) in [5.74, 6) is -0.691. The molecule has 0 aromatic heterocycles. The average molecular weight is 256 g/mol. The molecule has 1 aliphatic rings. The molecule has 5 heteroatoms. The summed E-state index contributed by atoms with van der Waals surface area (Å²) < 4.78 is 25.3. The highest BCUT2D eigenvalue weighted by Crippen LogP contribution is 2.33. The van der Waals surface area contributed by atoms with Crippen LogP contribution in [0.3, 0.4) is 0 Å². The number of halogens is 1. The van der Waals surface area contributed by atoms with Gasteiger partial charge in [0.25, 0.3) is 0 Å². The minimum Gasteiger partial charge on any atom is -0.478 e. The van der Waals surface area contributed by atoms with Crippen LogP contribution >= 0.6 is 0 Å². The highest BCUT2D eigenvalue weighted by atomic mass is 32.2. The highest BCUT2D eigenvalue weighted by Gasteiger charge is 2.22. The smallest absolute Gasteiger partial charge is 0.335 e. The van der Waals surface area contributed by atoms with Crippen molar-refractivity contribution in [1.29, 1.82) is 0 Å². The van der Waals surface area contributed by atoms with Crippen LogP contribution in [0.1, 0.15) is 29.6 Å². The number of benzene rings is 1. The third-order valence-electron chi connectivity index (χ3n) is 2.83. The Kier molecular flexibility index (Phi) is 3.57. The van der Waals surface area contributed by atoms with E-state index >= 15 is 0 Å². The van der Waals surface area contributed by atoms with Gasteiger partial charge in [-0.3, -0.25) is 4.21 Å². The molecule has 0 bridgehead atoms. The van der Waals surface area contributed by atoms with Crippen LogP contribution in [0.4, 0.5) is 4.39 Å². The van der Waals surface area contributed by atoms with Gasteiger partial charge >= 0.3 is 5.97 Å². The van der Waals surface area contributed by atoms with Gasteiger partial charge < -0.3 is 5.11 Å². The van der Waals surface area contributed by atoms with Crippen LogP contribution in [0.2, 0.25) is 0 Å². The Morgan fingerprint density at radius 1 is 1.47 bits per heavy atom. The molecule has 17 heavy (non-hydrogen) atoms. The fourth-order valence-corrected chi connectivity index (χ4v) is 2.91. The largest absolute Gasteiger partial charge is 0.478 e. The third kappa shape index (κ3) is 3.12. The van der Waals surface area contributed by atoms with Gasteiger partial charge in [-0.05, 0) is 30.5 Å². The van der Waals surface area contributed by atoms with Gasteiger partial charge in [0.05, 0.1) is 21.3 Å². The van der Waals surface area contributed by atoms with Gasteiger partial charge in [-0.1, -0.05) is 12.8 Å². The molecule has 0 heterocycles. The number of hydrogen-bond donors (Lipinski definition) is 1. The van der Waals surface area contributed by atoms with Gasteiger partial charge in [-0.15, -0.1) is 0 Å². The number of carboxylic acid groups (broad SMARTS) is 1. The molecule has 0 radical (unpaired) electrons. The zero-order valence-corrected chi connectivity index (χ0v) is 10.0. The standard InChI is InChI=1S/C12H13FO3S/c13-10-4-3-9(12(14)15)7-11(10)17(16)6-5-8-1-2-8/h3-4,7-8H,1-2,5-6H2,(H,14,15). The first-order valence-corrected chi connectivity index (χ1v) is 6.81. The number of hydrogen-bond acceptors (Lipinski definition) is 2. The first-order chi connectivity index (χ1) is 8.08. The summed E-state index contributed by atoms with van der Waals surface area (Å²) >= 11 is 0. The Morgan fingerprint density at radius 3 is 2.76 bits per heavy atom. The van der Waals surface area contributed by atoms with Crippen molar-refractivity contribution in [1.82, 2.24) is 0 Å². The normalized spacial score (nSPS) is 16.8. The van der Waals surface area contributed by atoms with Crippen LogP contribution in [0, 0.1) is 11.7 Å². The van der Waals surface area contributed by atoms with Crippen LogP contribution in [-0.2, 0) is 10.8 Å². The summed E-state index contributed by atoms with van der Waals surface area (Å²) in [5.41, 5.74) is -0.0267. The van der Waals surface area contributed by atoms with E-state index in [2.05, 4.69) is 0 Å². The van der Waals surface area contributed by atoms with Crippen LogP contribution < -0.4 is 0 Å². The van der Waals surface area contributed by atoms with Crippen LogP contribution in [0.5, 0.6) is 0 Å². The zero-order valence-electron chi connectivity index (χ0n) is 9.19. The van der Waals surface area contributed by atoms with Crippen LogP contribution in [0.15, 0.2) is 23.1 Å². The predicted octanol–water partition coefficient (Wildman–Crippen LogP) is 2.43. The summed E-state index contributed by atoms with van der Waals surface area (Å²) in [7, 11) is -1.44. The van der Waals surface area contributed by atoms with E-state index in [4.69, 9.17) is 5.11 Å². The summed E-state index contributed by atoms with van der Waals surface area (Å²) in [6.45, 7) is 0. The molecule has 0 amide bonds. The summed E-state index contributed by atoms with van der Waals surface area (Å²) in [5, 5.41) is 8.79. The first-order valence-electron chi connectivity index (χ1n) is 5.49. The Labute approximate surface area is 101 Å². The molecular formula is C12H13FO3S. The van der Waals surface area contributed by atoms with Gasteiger partial charge in [-0.2, -0.15) is 0 Å². The lowest BCUT2D eigenvalue weighted by Gasteiger charge is -2.04. The molecule has 1 saturated carbocycles. The van der Waals surface area contributed by atoms with E-state index in [1.54, 1.807) is 0 Å². The molecule has 0 spiro atoms. The topological polar surface area (TPSA) is 54.4 Å². The maximum Gasteiger partial charge on any atom is 0.335 e. The van der Waals surface area contributed by atoms with Crippen molar-refractivity contribution in [2.24, 2.45) is 5.92 Å². The molecule has 1 aromatic rings. The molecule has 0 aliphatic heterocycles. The number of carboxylic acids is 1. The van der Waals surface area contributed by atoms with E-state index < -0.39 is 22.6 Å². The Morgan fingerprint density at radius 2 is 2.18 bits per heavy atom. The molecule has 3 nitrogen and oxygen atoms in total. The SMILES string of the molecule is O=C(O)c1ccc(F)c(S(=O)CCC2CC2)c1. The molecule has 1 aliphatic carbocycles. The van der Waals surface area contributed by atoms with E-state index in [9.17, 15) is 13.4 Å². The van der Waals surface area contributed by atoms with E-state index in [0.29, 0.717) is 11.7 Å². The van der Waals surface area contributed by atoms with Gasteiger partial charge in [0.1, 0.15) is 5.82 Å². The summed E-state index contributed by atoms with van der Waals surface area (Å²) in [6.07, 6.45) is 3.15. The minimum absolute atomic E-state index is 0.00514. The van der Waals surface area contributed by atoms with Crippen molar-refractivity contribution in [2.45, 2.75) is 24.2 Å². The van der Waals surface area contributed by atoms with E-state index in [0.717, 1.165) is 25.3 Å². The van der Waals surface area contributed by atoms with Crippen molar-refractivity contribution in [3.05, 3.63) is 29.6 Å². The molecule has 1 N–H and O–H groups in total. The summed E-state index contributed by atoms with van der Waals surface area (Å²) in [4.78, 5) is 10.7. The second-order valence-electron chi connectivity index (χ2n) is 4.23. The zero-order chi connectivity index (χ0) is 12.4. The first kappa shape index (κ1) is 12.2. The van der Waals surface area contributed by atoms with E-state index in [1.807, 2.05) is 0 Å². The predicted molar refractivity (Wildman–Crippen MR) is 62.0 cm³/mol. The fraction of sp³-hybridized carbons (Fsp3) is 0.417. The van der Waals surface area contributed by atoms with Crippen molar-refractivity contribution < 1.29 is 18.5 Å². The lowest BCUT2D eigenvalue weighted by molar-refractivity contribution is 0.0696. The molecule has 92 valence electrons. The third-order valence-corrected chi connectivity index (χ3v) is 4.24. The fourth-order valence-electron chi connectivity index (χ4n) is 1.60. The molecule has 2 rings (SSSR count). The number of carbonyl (C=O) groups is 1. The van der Waals surface area contributed by atoms with Crippen molar-refractivity contribution in [3.8, 4) is 0 Å². The second kappa shape index (κ2) is 4.96. The quantitative estimate of drug-likeness (QED) is 0.880. The Bertz CT molecular complexity index is 469. The maximum absolute atomic E-state index is 13.4. The lowest BCUT2D eigenvalue weighted by Crippen LogP contribution is -2.05. The van der Waals surface area contributed by atoms with Crippen molar-refractivity contribution >= 4 is 16.8 Å². The molecule has 1 fully saturated rings. The Balaban J connectivity index is 2.13. The molecule has 0 saturated heterocycles. The molecular weight excluding hydrogens is 243 g/mol. The molecule has 1 atom stereocenters. The Hall–Kier alpha value is -1.23. The maximum atomic E-state index is 13.4. The van der Waals surface area contributed by atoms with Gasteiger partial charge in [0, 0.05) is 5.75 Å². The van der Waals surface area contributed by atoms with Gasteiger partial charge in [0.15, 0.2) is 0 Å². The van der Waals surface area contributed by atoms with Crippen LogP contribution in [0.25, 0.3) is 0 Å². The van der Waals surface area contributed by atoms with Crippen LogP contribution in [-0.4, -0.2) is 21.0 Å². The second-order valence-corrected chi connectivity index (χ2v) is 5.77. The monoisotopic (exact) mass is 256 g/mol. The van der Waals surface area contributed by atoms with Gasteiger partial charge in [-0.25, -0.2) is 9.18 Å². The van der Waals surface area contributed by atoms with E-state index in [1.165, 1.54) is 12.1 Å².